The van der Waals surface area contributed by atoms with Crippen LogP contribution in [0.1, 0.15) is 41.3 Å². The van der Waals surface area contributed by atoms with Crippen molar-refractivity contribution in [3.05, 3.63) is 70.8 Å². The Labute approximate surface area is 258 Å². The van der Waals surface area contributed by atoms with E-state index in [9.17, 15) is 22.4 Å². The van der Waals surface area contributed by atoms with Gasteiger partial charge in [-0.15, -0.1) is 0 Å². The van der Waals surface area contributed by atoms with Gasteiger partial charge in [0, 0.05) is 32.1 Å². The summed E-state index contributed by atoms with van der Waals surface area (Å²) in [5.74, 6) is 0.324. The maximum absolute atomic E-state index is 14.0. The number of morpholine rings is 1. The average molecular weight is 633 g/mol. The van der Waals surface area contributed by atoms with E-state index in [0.29, 0.717) is 63.3 Å². The number of ether oxygens (including phenoxy) is 4. The number of aryl methyl sites for hydroxylation is 1. The maximum Gasteiger partial charge on any atom is 0.427 e. The van der Waals surface area contributed by atoms with E-state index >= 15 is 0 Å². The maximum atomic E-state index is 14.0. The largest absolute Gasteiger partial charge is 0.497 e. The van der Waals surface area contributed by atoms with Gasteiger partial charge >= 0.3 is 12.3 Å². The van der Waals surface area contributed by atoms with E-state index in [1.54, 1.807) is 36.4 Å². The van der Waals surface area contributed by atoms with Crippen LogP contribution in [-0.2, 0) is 33.7 Å². The van der Waals surface area contributed by atoms with Crippen molar-refractivity contribution in [3.8, 4) is 11.4 Å². The molecular weight excluding hydrogens is 596 g/mol. The second-order valence-corrected chi connectivity index (χ2v) is 11.5. The van der Waals surface area contributed by atoms with Crippen molar-refractivity contribution in [1.29, 1.82) is 0 Å². The van der Waals surface area contributed by atoms with Gasteiger partial charge in [-0.05, 0) is 67.1 Å². The molecule has 0 bridgehead atoms. The van der Waals surface area contributed by atoms with Crippen molar-refractivity contribution in [2.24, 2.45) is 0 Å². The number of alkyl halides is 3. The summed E-state index contributed by atoms with van der Waals surface area (Å²) in [7, 11) is 1.52. The minimum atomic E-state index is -4.78. The minimum absolute atomic E-state index is 0.0138. The highest BCUT2D eigenvalue weighted by Gasteiger charge is 2.44. The average Bonchev–Trinajstić information content (AvgIpc) is 3.44. The van der Waals surface area contributed by atoms with E-state index in [4.69, 9.17) is 24.0 Å². The second kappa shape index (κ2) is 13.3. The number of halogens is 4. The van der Waals surface area contributed by atoms with Crippen LogP contribution in [0.15, 0.2) is 42.5 Å². The lowest BCUT2D eigenvalue weighted by atomic mass is 9.91. The first-order chi connectivity index (χ1) is 21.7. The number of rotatable bonds is 8. The molecule has 0 N–H and O–H groups in total. The molecule has 9 nitrogen and oxygen atoms in total. The second-order valence-electron chi connectivity index (χ2n) is 11.5. The van der Waals surface area contributed by atoms with Gasteiger partial charge in [0.05, 0.1) is 56.3 Å². The van der Waals surface area contributed by atoms with Crippen molar-refractivity contribution in [2.75, 3.05) is 58.0 Å². The van der Waals surface area contributed by atoms with Crippen molar-refractivity contribution < 1.29 is 41.3 Å². The van der Waals surface area contributed by atoms with E-state index < -0.39 is 25.0 Å². The van der Waals surface area contributed by atoms with Crippen LogP contribution < -0.4 is 9.64 Å². The third-order valence-electron chi connectivity index (χ3n) is 8.65. The van der Waals surface area contributed by atoms with Gasteiger partial charge in [-0.1, -0.05) is 12.1 Å². The van der Waals surface area contributed by atoms with Crippen molar-refractivity contribution in [3.63, 3.8) is 0 Å². The zero-order valence-electron chi connectivity index (χ0n) is 25.0. The highest BCUT2D eigenvalue weighted by Crippen LogP contribution is 2.41. The number of likely N-dealkylation sites (tertiary alicyclic amines) is 1. The molecule has 2 saturated heterocycles. The fourth-order valence-corrected chi connectivity index (χ4v) is 6.24. The van der Waals surface area contributed by atoms with Crippen LogP contribution in [0.25, 0.3) is 5.69 Å². The number of hydrogen-bond donors (Lipinski definition) is 0. The van der Waals surface area contributed by atoms with Gasteiger partial charge in [-0.3, -0.25) is 0 Å². The Morgan fingerprint density at radius 1 is 1.04 bits per heavy atom. The van der Waals surface area contributed by atoms with Crippen LogP contribution in [0.4, 0.5) is 28.0 Å². The molecule has 1 atom stereocenters. The molecule has 2 fully saturated rings. The summed E-state index contributed by atoms with van der Waals surface area (Å²) >= 11 is 0. The third-order valence-corrected chi connectivity index (χ3v) is 8.65. The number of fused-ring (bicyclic) bond motifs is 3. The summed E-state index contributed by atoms with van der Waals surface area (Å²) in [6.45, 7) is 2.20. The lowest BCUT2D eigenvalue weighted by Crippen LogP contribution is -2.45. The zero-order chi connectivity index (χ0) is 31.6. The summed E-state index contributed by atoms with van der Waals surface area (Å²) in [5, 5.41) is 5.04. The molecule has 3 aliphatic heterocycles. The first kappa shape index (κ1) is 31.2. The van der Waals surface area contributed by atoms with Crippen LogP contribution in [0.3, 0.4) is 0 Å². The molecule has 0 saturated carbocycles. The Morgan fingerprint density at radius 2 is 1.78 bits per heavy atom. The number of hydrogen-bond acceptors (Lipinski definition) is 7. The number of benzene rings is 2. The lowest BCUT2D eigenvalue weighted by Gasteiger charge is -2.34. The summed E-state index contributed by atoms with van der Waals surface area (Å²) < 4.78 is 78.1. The van der Waals surface area contributed by atoms with Crippen LogP contribution in [-0.4, -0.2) is 86.2 Å². The van der Waals surface area contributed by atoms with E-state index in [2.05, 4.69) is 4.90 Å². The molecular formula is C32H36F4N4O5. The summed E-state index contributed by atoms with van der Waals surface area (Å²) in [4.78, 5) is 16.5. The van der Waals surface area contributed by atoms with E-state index in [1.807, 2.05) is 4.68 Å². The highest BCUT2D eigenvalue weighted by molar-refractivity contribution is 5.68. The summed E-state index contributed by atoms with van der Waals surface area (Å²) in [6.07, 6.45) is -5.75. The normalized spacial score (nSPS) is 17.9. The number of piperidine rings is 1. The fourth-order valence-electron chi connectivity index (χ4n) is 6.24. The third kappa shape index (κ3) is 6.89. The van der Waals surface area contributed by atoms with Gasteiger partial charge < -0.3 is 28.7 Å². The predicted octanol–water partition coefficient (Wildman–Crippen LogP) is 5.42. The fraction of sp³-hybridized carbons (Fsp3) is 0.500. The molecule has 0 aliphatic carbocycles. The number of carbonyl (C=O) groups excluding carboxylic acids is 1. The SMILES string of the molecule is COc1ccc(COCC(OC(=O)N2CCC(c3nn4c(c3N3CCOCC3)CCc3cc(F)ccc3-4)CC2)C(F)(F)F)cc1. The number of carbonyl (C=O) groups is 1. The van der Waals surface area contributed by atoms with Gasteiger partial charge in [0.2, 0.25) is 6.10 Å². The predicted molar refractivity (Wildman–Crippen MR) is 156 cm³/mol. The number of anilines is 1. The molecule has 2 aromatic carbocycles. The molecule has 1 unspecified atom stereocenters. The summed E-state index contributed by atoms with van der Waals surface area (Å²) in [6, 6.07) is 11.5. The van der Waals surface area contributed by atoms with E-state index in [0.717, 1.165) is 28.3 Å². The van der Waals surface area contributed by atoms with Crippen molar-refractivity contribution in [2.45, 2.75) is 50.5 Å². The summed E-state index contributed by atoms with van der Waals surface area (Å²) in [5.41, 5.74) is 5.44. The number of aromatic nitrogens is 2. The number of methoxy groups -OCH3 is 1. The quantitative estimate of drug-likeness (QED) is 0.307. The standard InChI is InChI=1S/C32H36F4N4O5/c1-42-25-6-2-21(3-7-25)19-44-20-28(32(34,35)36)45-31(41)39-12-10-22(11-13-39)29-30(38-14-16-43-17-15-38)27-8-4-23-18-24(33)5-9-26(23)40(27)37-29/h2-3,5-7,9,18,22,28H,4,8,10-17,19-20H2,1H3. The molecule has 1 aromatic heterocycles. The van der Waals surface area contributed by atoms with Gasteiger partial charge in [-0.25, -0.2) is 13.9 Å². The topological polar surface area (TPSA) is 78.3 Å². The zero-order valence-corrected chi connectivity index (χ0v) is 25.0. The molecule has 0 spiro atoms. The molecule has 242 valence electrons. The Bertz CT molecular complexity index is 1480. The Balaban J connectivity index is 1.12. The Kier molecular flexibility index (Phi) is 9.18. The molecule has 3 aromatic rings. The molecule has 4 heterocycles. The first-order valence-corrected chi connectivity index (χ1v) is 15.2. The van der Waals surface area contributed by atoms with Gasteiger partial charge in [0.25, 0.3) is 0 Å². The van der Waals surface area contributed by atoms with Gasteiger partial charge in [-0.2, -0.15) is 18.3 Å². The number of nitrogens with zero attached hydrogens (tertiary/aromatic N) is 4. The van der Waals surface area contributed by atoms with Crippen molar-refractivity contribution >= 4 is 11.8 Å². The smallest absolute Gasteiger partial charge is 0.427 e. The minimum Gasteiger partial charge on any atom is -0.497 e. The molecule has 13 heteroatoms. The Morgan fingerprint density at radius 3 is 2.47 bits per heavy atom. The highest BCUT2D eigenvalue weighted by atomic mass is 19.4. The van der Waals surface area contributed by atoms with E-state index in [1.165, 1.54) is 18.1 Å². The molecule has 1 amide bonds. The van der Waals surface area contributed by atoms with E-state index in [-0.39, 0.29) is 31.4 Å². The van der Waals surface area contributed by atoms with Crippen LogP contribution in [0, 0.1) is 5.82 Å². The van der Waals surface area contributed by atoms with Gasteiger partial charge in [0.1, 0.15) is 11.6 Å². The van der Waals surface area contributed by atoms with Crippen molar-refractivity contribution in [1.82, 2.24) is 14.7 Å². The number of amides is 1. The van der Waals surface area contributed by atoms with Crippen LogP contribution >= 0.6 is 0 Å². The first-order valence-electron chi connectivity index (χ1n) is 15.2. The van der Waals surface area contributed by atoms with Gasteiger partial charge in [0.15, 0.2) is 0 Å². The monoisotopic (exact) mass is 632 g/mol. The lowest BCUT2D eigenvalue weighted by molar-refractivity contribution is -0.220. The van der Waals surface area contributed by atoms with Crippen LogP contribution in [0.5, 0.6) is 5.75 Å². The molecule has 45 heavy (non-hydrogen) atoms. The molecule has 6 rings (SSSR count). The molecule has 3 aliphatic rings. The molecule has 0 radical (unpaired) electrons. The Hall–Kier alpha value is -3.84. The van der Waals surface area contributed by atoms with Crippen LogP contribution in [0.2, 0.25) is 0 Å².